The van der Waals surface area contributed by atoms with Crippen LogP contribution >= 0.6 is 0 Å². The van der Waals surface area contributed by atoms with Crippen LogP contribution in [0.5, 0.6) is 0 Å². The predicted octanol–water partition coefficient (Wildman–Crippen LogP) is 2.68. The van der Waals surface area contributed by atoms with Gasteiger partial charge in [0.05, 0.1) is 5.92 Å². The number of benzene rings is 1. The van der Waals surface area contributed by atoms with Crippen molar-refractivity contribution in [3.8, 4) is 0 Å². The number of amides is 3. The Kier molecular flexibility index (Phi) is 5.73. The summed E-state index contributed by atoms with van der Waals surface area (Å²) in [4.78, 5) is 35.1. The fourth-order valence-electron chi connectivity index (χ4n) is 2.69. The molecule has 0 saturated heterocycles. The third kappa shape index (κ3) is 5.09. The predicted molar refractivity (Wildman–Crippen MR) is 86.0 cm³/mol. The Morgan fingerprint density at radius 1 is 1.17 bits per heavy atom. The molecule has 0 unspecified atom stereocenters. The van der Waals surface area contributed by atoms with Crippen LogP contribution in [-0.4, -0.2) is 24.5 Å². The second-order valence-electron chi connectivity index (χ2n) is 5.91. The van der Waals surface area contributed by atoms with Gasteiger partial charge >= 0.3 is 12.0 Å². The van der Waals surface area contributed by atoms with Crippen molar-refractivity contribution in [3.63, 3.8) is 0 Å². The first-order valence-electron chi connectivity index (χ1n) is 7.80. The molecule has 0 spiro atoms. The molecule has 0 radical (unpaired) electrons. The Morgan fingerprint density at radius 3 is 2.52 bits per heavy atom. The monoisotopic (exact) mass is 318 g/mol. The van der Waals surface area contributed by atoms with Gasteiger partial charge < -0.3 is 10.1 Å². The van der Waals surface area contributed by atoms with Crippen molar-refractivity contribution in [1.29, 1.82) is 0 Å². The van der Waals surface area contributed by atoms with Crippen molar-refractivity contribution in [3.05, 3.63) is 29.3 Å². The molecule has 6 nitrogen and oxygen atoms in total. The highest BCUT2D eigenvalue weighted by Gasteiger charge is 2.24. The number of carbonyl (C=O) groups excluding carboxylic acids is 3. The van der Waals surface area contributed by atoms with Crippen molar-refractivity contribution in [2.45, 2.75) is 39.5 Å². The summed E-state index contributed by atoms with van der Waals surface area (Å²) < 4.78 is 4.95. The van der Waals surface area contributed by atoms with Crippen molar-refractivity contribution in [2.75, 3.05) is 11.9 Å². The van der Waals surface area contributed by atoms with Crippen LogP contribution in [0.1, 0.15) is 36.8 Å². The molecule has 0 aliphatic heterocycles. The van der Waals surface area contributed by atoms with Crippen LogP contribution in [0.15, 0.2) is 18.2 Å². The van der Waals surface area contributed by atoms with Crippen LogP contribution in [0.4, 0.5) is 10.5 Å². The second kappa shape index (κ2) is 7.76. The molecule has 1 aromatic carbocycles. The molecule has 6 heteroatoms. The number of anilines is 1. The largest absolute Gasteiger partial charge is 0.455 e. The summed E-state index contributed by atoms with van der Waals surface area (Å²) in [7, 11) is 0. The van der Waals surface area contributed by atoms with Gasteiger partial charge in [-0.15, -0.1) is 0 Å². The summed E-state index contributed by atoms with van der Waals surface area (Å²) in [6.07, 6.45) is 3.66. The second-order valence-corrected chi connectivity index (χ2v) is 5.91. The third-order valence-corrected chi connectivity index (χ3v) is 3.92. The molecule has 3 amide bonds. The molecule has 2 N–H and O–H groups in total. The molecule has 23 heavy (non-hydrogen) atoms. The lowest BCUT2D eigenvalue weighted by molar-refractivity contribution is -0.152. The van der Waals surface area contributed by atoms with Gasteiger partial charge in [0, 0.05) is 5.69 Å². The summed E-state index contributed by atoms with van der Waals surface area (Å²) in [5.41, 5.74) is 2.62. The van der Waals surface area contributed by atoms with Crippen molar-refractivity contribution < 1.29 is 19.1 Å². The average molecular weight is 318 g/mol. The van der Waals surface area contributed by atoms with Gasteiger partial charge in [0.25, 0.3) is 5.91 Å². The number of nitrogens with one attached hydrogen (secondary N) is 2. The molecule has 1 aliphatic carbocycles. The van der Waals surface area contributed by atoms with E-state index >= 15 is 0 Å². The maximum Gasteiger partial charge on any atom is 0.325 e. The number of urea groups is 1. The zero-order valence-corrected chi connectivity index (χ0v) is 13.5. The number of imide groups is 1. The Bertz CT molecular complexity index is 607. The maximum atomic E-state index is 11.8. The first-order valence-corrected chi connectivity index (χ1v) is 7.80. The summed E-state index contributed by atoms with van der Waals surface area (Å²) in [5, 5.41) is 4.75. The SMILES string of the molecule is Cc1ccc(NC(=O)NC(=O)COC(=O)C2CCCC2)c(C)c1. The van der Waals surface area contributed by atoms with Crippen LogP contribution < -0.4 is 10.6 Å². The Morgan fingerprint density at radius 2 is 1.87 bits per heavy atom. The van der Waals surface area contributed by atoms with Gasteiger partial charge in [-0.1, -0.05) is 30.5 Å². The van der Waals surface area contributed by atoms with Crippen molar-refractivity contribution >= 4 is 23.6 Å². The molecule has 1 saturated carbocycles. The average Bonchev–Trinajstić information content (AvgIpc) is 3.02. The van der Waals surface area contributed by atoms with Gasteiger partial charge in [-0.2, -0.15) is 0 Å². The van der Waals surface area contributed by atoms with Crippen LogP contribution in [-0.2, 0) is 14.3 Å². The van der Waals surface area contributed by atoms with Crippen LogP contribution in [0, 0.1) is 19.8 Å². The Balaban J connectivity index is 1.76. The van der Waals surface area contributed by atoms with E-state index in [0.29, 0.717) is 5.69 Å². The summed E-state index contributed by atoms with van der Waals surface area (Å²) in [6, 6.07) is 4.93. The van der Waals surface area contributed by atoms with Crippen molar-refractivity contribution in [2.24, 2.45) is 5.92 Å². The molecule has 1 aliphatic rings. The van der Waals surface area contributed by atoms with Crippen LogP contribution in [0.25, 0.3) is 0 Å². The van der Waals surface area contributed by atoms with E-state index in [-0.39, 0.29) is 11.9 Å². The van der Waals surface area contributed by atoms with Gasteiger partial charge in [0.2, 0.25) is 0 Å². The van der Waals surface area contributed by atoms with Crippen molar-refractivity contribution in [1.82, 2.24) is 5.32 Å². The lowest BCUT2D eigenvalue weighted by Gasteiger charge is -2.11. The molecule has 0 aromatic heterocycles. The fourth-order valence-corrected chi connectivity index (χ4v) is 2.69. The van der Waals surface area contributed by atoms with Gasteiger partial charge in [0.15, 0.2) is 6.61 Å². The normalized spacial score (nSPS) is 14.3. The van der Waals surface area contributed by atoms with Crippen LogP contribution in [0.2, 0.25) is 0 Å². The minimum atomic E-state index is -0.640. The standard InChI is InChI=1S/C17H22N2O4/c1-11-7-8-14(12(2)9-11)18-17(22)19-15(20)10-23-16(21)13-5-3-4-6-13/h7-9,13H,3-6,10H2,1-2H3,(H2,18,19,20,22). The molecule has 124 valence electrons. The zero-order chi connectivity index (χ0) is 16.8. The minimum absolute atomic E-state index is 0.105. The highest BCUT2D eigenvalue weighted by atomic mass is 16.5. The minimum Gasteiger partial charge on any atom is -0.455 e. The number of hydrogen-bond donors (Lipinski definition) is 2. The number of aryl methyl sites for hydroxylation is 2. The topological polar surface area (TPSA) is 84.5 Å². The molecule has 0 bridgehead atoms. The number of hydrogen-bond acceptors (Lipinski definition) is 4. The lowest BCUT2D eigenvalue weighted by atomic mass is 10.1. The molecular formula is C17H22N2O4. The van der Waals surface area contributed by atoms with Gasteiger partial charge in [-0.25, -0.2) is 4.79 Å². The number of carbonyl (C=O) groups is 3. The Hall–Kier alpha value is -2.37. The zero-order valence-electron chi connectivity index (χ0n) is 13.5. The fraction of sp³-hybridized carbons (Fsp3) is 0.471. The van der Waals surface area contributed by atoms with E-state index in [1.165, 1.54) is 0 Å². The van der Waals surface area contributed by atoms with E-state index in [2.05, 4.69) is 10.6 Å². The Labute approximate surface area is 135 Å². The smallest absolute Gasteiger partial charge is 0.325 e. The first-order chi connectivity index (χ1) is 11.0. The number of esters is 1. The number of rotatable bonds is 4. The molecule has 1 fully saturated rings. The lowest BCUT2D eigenvalue weighted by Crippen LogP contribution is -2.37. The van der Waals surface area contributed by atoms with E-state index < -0.39 is 18.5 Å². The summed E-state index contributed by atoms with van der Waals surface area (Å²) >= 11 is 0. The summed E-state index contributed by atoms with van der Waals surface area (Å²) in [5.74, 6) is -1.10. The van der Waals surface area contributed by atoms with E-state index in [1.54, 1.807) is 6.07 Å². The summed E-state index contributed by atoms with van der Waals surface area (Å²) in [6.45, 7) is 3.39. The van der Waals surface area contributed by atoms with Gasteiger partial charge in [-0.3, -0.25) is 14.9 Å². The molecule has 0 atom stereocenters. The van der Waals surface area contributed by atoms with E-state index in [0.717, 1.165) is 36.8 Å². The quantitative estimate of drug-likeness (QED) is 0.836. The molecule has 0 heterocycles. The molecule has 2 rings (SSSR count). The van der Waals surface area contributed by atoms with E-state index in [4.69, 9.17) is 4.74 Å². The molecule has 1 aromatic rings. The van der Waals surface area contributed by atoms with Gasteiger partial charge in [-0.05, 0) is 38.3 Å². The molecular weight excluding hydrogens is 296 g/mol. The maximum absolute atomic E-state index is 11.8. The van der Waals surface area contributed by atoms with Crippen LogP contribution in [0.3, 0.4) is 0 Å². The first kappa shape index (κ1) is 17.0. The number of ether oxygens (including phenoxy) is 1. The van der Waals surface area contributed by atoms with Gasteiger partial charge in [0.1, 0.15) is 0 Å². The highest BCUT2D eigenvalue weighted by Crippen LogP contribution is 2.25. The van der Waals surface area contributed by atoms with E-state index in [9.17, 15) is 14.4 Å². The van der Waals surface area contributed by atoms with E-state index in [1.807, 2.05) is 26.0 Å². The third-order valence-electron chi connectivity index (χ3n) is 3.92. The highest BCUT2D eigenvalue weighted by molar-refractivity contribution is 6.02.